The molecule has 0 spiro atoms. The minimum absolute atomic E-state index is 0.0786. The lowest BCUT2D eigenvalue weighted by atomic mass is 9.93. The number of hydrogen-bond donors (Lipinski definition) is 4. The van der Waals surface area contributed by atoms with Gasteiger partial charge in [-0.05, 0) is 12.8 Å². The molecule has 1 aliphatic rings. The molecule has 17 heavy (non-hydrogen) atoms. The Bertz CT molecular complexity index is 271. The molecule has 1 heterocycles. The molecule has 1 fully saturated rings. The van der Waals surface area contributed by atoms with E-state index in [1.54, 1.807) is 0 Å². The number of aliphatic hydroxyl groups is 1. The van der Waals surface area contributed by atoms with Gasteiger partial charge >= 0.3 is 0 Å². The third kappa shape index (κ3) is 3.41. The minimum atomic E-state index is -0.555. The fourth-order valence-electron chi connectivity index (χ4n) is 1.79. The summed E-state index contributed by atoms with van der Waals surface area (Å²) in [4.78, 5) is 22.9. The smallest absolute Gasteiger partial charge is 0.239 e. The van der Waals surface area contributed by atoms with Crippen molar-refractivity contribution in [3.8, 4) is 0 Å². The van der Waals surface area contributed by atoms with Gasteiger partial charge < -0.3 is 15.7 Å². The van der Waals surface area contributed by atoms with Crippen LogP contribution in [0.1, 0.15) is 26.7 Å². The summed E-state index contributed by atoms with van der Waals surface area (Å²) in [5.74, 6) is -0.281. The van der Waals surface area contributed by atoms with Crippen LogP contribution in [0.5, 0.6) is 0 Å². The van der Waals surface area contributed by atoms with Gasteiger partial charge in [-0.2, -0.15) is 0 Å². The Morgan fingerprint density at radius 1 is 1.53 bits per heavy atom. The zero-order chi connectivity index (χ0) is 12.9. The molecule has 6 nitrogen and oxygen atoms in total. The number of aliphatic hydroxyl groups excluding tert-OH is 1. The van der Waals surface area contributed by atoms with E-state index in [4.69, 9.17) is 0 Å². The largest absolute Gasteiger partial charge is 0.394 e. The van der Waals surface area contributed by atoms with Gasteiger partial charge in [0.2, 0.25) is 11.8 Å². The van der Waals surface area contributed by atoms with E-state index in [1.165, 1.54) is 0 Å². The molecule has 1 rings (SSSR count). The van der Waals surface area contributed by atoms with Gasteiger partial charge in [-0.25, -0.2) is 0 Å². The second kappa shape index (κ2) is 5.97. The van der Waals surface area contributed by atoms with Crippen molar-refractivity contribution in [1.29, 1.82) is 0 Å². The quantitative estimate of drug-likeness (QED) is 0.485. The van der Waals surface area contributed by atoms with Crippen LogP contribution in [0, 0.1) is 0 Å². The van der Waals surface area contributed by atoms with Crippen molar-refractivity contribution in [2.24, 2.45) is 0 Å². The number of carbonyl (C=O) groups excluding carboxylic acids is 2. The average Bonchev–Trinajstić information content (AvgIpc) is 2.37. The summed E-state index contributed by atoms with van der Waals surface area (Å²) < 4.78 is 0. The maximum absolute atomic E-state index is 12.0. The molecule has 0 aromatic carbocycles. The molecular weight excluding hydrogens is 222 g/mol. The van der Waals surface area contributed by atoms with Crippen molar-refractivity contribution in [3.63, 3.8) is 0 Å². The van der Waals surface area contributed by atoms with Crippen LogP contribution in [0.25, 0.3) is 0 Å². The first kappa shape index (κ1) is 13.9. The predicted molar refractivity (Wildman–Crippen MR) is 63.3 cm³/mol. The van der Waals surface area contributed by atoms with Crippen LogP contribution in [-0.4, -0.2) is 48.2 Å². The molecule has 0 aromatic rings. The second-order valence-electron chi connectivity index (χ2n) is 4.37. The Balaban J connectivity index is 2.55. The normalized spacial score (nSPS) is 20.9. The second-order valence-corrected chi connectivity index (χ2v) is 4.37. The molecule has 6 heteroatoms. The van der Waals surface area contributed by atoms with Crippen LogP contribution in [-0.2, 0) is 9.59 Å². The van der Waals surface area contributed by atoms with Gasteiger partial charge in [0.1, 0.15) is 6.04 Å². The van der Waals surface area contributed by atoms with E-state index in [-0.39, 0.29) is 25.0 Å². The SMILES string of the molecule is CCC(CC)(CO)NC(=O)C1CNC(=O)CN1. The maximum atomic E-state index is 12.0. The predicted octanol–water partition coefficient (Wildman–Crippen LogP) is -1.26. The van der Waals surface area contributed by atoms with Crippen LogP contribution >= 0.6 is 0 Å². The van der Waals surface area contributed by atoms with Crippen molar-refractivity contribution in [2.45, 2.75) is 38.3 Å². The highest BCUT2D eigenvalue weighted by Crippen LogP contribution is 2.14. The number of carbonyl (C=O) groups is 2. The van der Waals surface area contributed by atoms with Crippen molar-refractivity contribution in [1.82, 2.24) is 16.0 Å². The van der Waals surface area contributed by atoms with Gasteiger partial charge in [-0.3, -0.25) is 14.9 Å². The minimum Gasteiger partial charge on any atom is -0.394 e. The Hall–Kier alpha value is -1.14. The molecule has 1 aliphatic heterocycles. The summed E-state index contributed by atoms with van der Waals surface area (Å²) in [5.41, 5.74) is -0.555. The van der Waals surface area contributed by atoms with Crippen LogP contribution < -0.4 is 16.0 Å². The molecule has 0 radical (unpaired) electrons. The van der Waals surface area contributed by atoms with E-state index >= 15 is 0 Å². The van der Waals surface area contributed by atoms with Crippen molar-refractivity contribution in [2.75, 3.05) is 19.7 Å². The summed E-state index contributed by atoms with van der Waals surface area (Å²) in [5, 5.41) is 17.7. The molecule has 0 aliphatic carbocycles. The first-order valence-electron chi connectivity index (χ1n) is 6.00. The monoisotopic (exact) mass is 243 g/mol. The topological polar surface area (TPSA) is 90.5 Å². The Morgan fingerprint density at radius 2 is 2.18 bits per heavy atom. The summed E-state index contributed by atoms with van der Waals surface area (Å²) in [6.45, 7) is 4.22. The van der Waals surface area contributed by atoms with Crippen molar-refractivity contribution < 1.29 is 14.7 Å². The van der Waals surface area contributed by atoms with E-state index in [9.17, 15) is 14.7 Å². The van der Waals surface area contributed by atoms with Crippen molar-refractivity contribution in [3.05, 3.63) is 0 Å². The molecule has 1 atom stereocenters. The van der Waals surface area contributed by atoms with Gasteiger partial charge in [0.25, 0.3) is 0 Å². The lowest BCUT2D eigenvalue weighted by Crippen LogP contribution is -2.62. The summed E-state index contributed by atoms with van der Waals surface area (Å²) in [6.07, 6.45) is 1.34. The first-order valence-corrected chi connectivity index (χ1v) is 6.00. The maximum Gasteiger partial charge on any atom is 0.239 e. The molecule has 0 saturated carbocycles. The highest BCUT2D eigenvalue weighted by Gasteiger charge is 2.31. The standard InChI is InChI=1S/C11H21N3O3/c1-3-11(4-2,7-15)14-10(17)8-5-13-9(16)6-12-8/h8,12,15H,3-7H2,1-2H3,(H,13,16)(H,14,17). The van der Waals surface area contributed by atoms with Gasteiger partial charge in [-0.1, -0.05) is 13.8 Å². The fraction of sp³-hybridized carbons (Fsp3) is 0.818. The summed E-state index contributed by atoms with van der Waals surface area (Å²) in [6, 6.07) is -0.420. The molecule has 1 unspecified atom stereocenters. The summed E-state index contributed by atoms with van der Waals surface area (Å²) >= 11 is 0. The highest BCUT2D eigenvalue weighted by molar-refractivity contribution is 5.87. The number of nitrogens with one attached hydrogen (secondary N) is 3. The van der Waals surface area contributed by atoms with E-state index in [1.807, 2.05) is 13.8 Å². The molecule has 0 aromatic heterocycles. The number of rotatable bonds is 5. The molecular formula is C11H21N3O3. The van der Waals surface area contributed by atoms with Crippen LogP contribution in [0.2, 0.25) is 0 Å². The Kier molecular flexibility index (Phi) is 4.89. The number of hydrogen-bond acceptors (Lipinski definition) is 4. The molecule has 2 amide bonds. The lowest BCUT2D eigenvalue weighted by Gasteiger charge is -2.33. The average molecular weight is 243 g/mol. The lowest BCUT2D eigenvalue weighted by molar-refractivity contribution is -0.128. The Morgan fingerprint density at radius 3 is 2.59 bits per heavy atom. The number of amides is 2. The Labute approximate surface area is 101 Å². The molecule has 1 saturated heterocycles. The zero-order valence-corrected chi connectivity index (χ0v) is 10.4. The number of piperazine rings is 1. The van der Waals surface area contributed by atoms with E-state index in [0.29, 0.717) is 19.4 Å². The molecule has 98 valence electrons. The van der Waals surface area contributed by atoms with Gasteiger partial charge in [0.15, 0.2) is 0 Å². The summed E-state index contributed by atoms with van der Waals surface area (Å²) in [7, 11) is 0. The zero-order valence-electron chi connectivity index (χ0n) is 10.4. The van der Waals surface area contributed by atoms with Crippen molar-refractivity contribution >= 4 is 11.8 Å². The first-order chi connectivity index (χ1) is 8.06. The van der Waals surface area contributed by atoms with Gasteiger partial charge in [0.05, 0.1) is 18.7 Å². The van der Waals surface area contributed by atoms with E-state index in [0.717, 1.165) is 0 Å². The van der Waals surface area contributed by atoms with Crippen LogP contribution in [0.4, 0.5) is 0 Å². The third-order valence-electron chi connectivity index (χ3n) is 3.37. The highest BCUT2D eigenvalue weighted by atomic mass is 16.3. The van der Waals surface area contributed by atoms with Gasteiger partial charge in [0, 0.05) is 6.54 Å². The van der Waals surface area contributed by atoms with Gasteiger partial charge in [-0.15, -0.1) is 0 Å². The van der Waals surface area contributed by atoms with Crippen LogP contribution in [0.3, 0.4) is 0 Å². The molecule has 4 N–H and O–H groups in total. The van der Waals surface area contributed by atoms with E-state index < -0.39 is 11.6 Å². The fourth-order valence-corrected chi connectivity index (χ4v) is 1.79. The van der Waals surface area contributed by atoms with E-state index in [2.05, 4.69) is 16.0 Å². The third-order valence-corrected chi connectivity index (χ3v) is 3.37. The van der Waals surface area contributed by atoms with Crippen LogP contribution in [0.15, 0.2) is 0 Å². The molecule has 0 bridgehead atoms.